The molecule has 1 N–H and O–H groups in total. The Balaban J connectivity index is 1.41. The highest BCUT2D eigenvalue weighted by Crippen LogP contribution is 2.30. The van der Waals surface area contributed by atoms with E-state index in [9.17, 15) is 4.39 Å². The first-order valence-electron chi connectivity index (χ1n) is 9.79. The van der Waals surface area contributed by atoms with Crippen molar-refractivity contribution in [3.05, 3.63) is 60.2 Å². The molecule has 1 aliphatic rings. The van der Waals surface area contributed by atoms with E-state index in [1.165, 1.54) is 44.5 Å². The minimum Gasteiger partial charge on any atom is -0.316 e. The Morgan fingerprint density at radius 3 is 2.86 bits per heavy atom. The van der Waals surface area contributed by atoms with E-state index in [-0.39, 0.29) is 5.82 Å². The van der Waals surface area contributed by atoms with Gasteiger partial charge in [0.25, 0.3) is 0 Å². The number of pyridine rings is 1. The summed E-state index contributed by atoms with van der Waals surface area (Å²) in [7, 11) is 2.21. The molecule has 3 heterocycles. The van der Waals surface area contributed by atoms with Gasteiger partial charge in [0, 0.05) is 11.9 Å². The van der Waals surface area contributed by atoms with Crippen LogP contribution in [0, 0.1) is 11.7 Å². The zero-order valence-corrected chi connectivity index (χ0v) is 16.9. The molecule has 1 aromatic carbocycles. The average Bonchev–Trinajstić information content (AvgIpc) is 3.05. The van der Waals surface area contributed by atoms with Gasteiger partial charge >= 0.3 is 0 Å². The smallest absolute Gasteiger partial charge is 0.188 e. The van der Waals surface area contributed by atoms with Gasteiger partial charge in [-0.2, -0.15) is 0 Å². The Labute approximate surface area is 169 Å². The molecule has 1 fully saturated rings. The minimum absolute atomic E-state index is 0.229. The predicted octanol–water partition coefficient (Wildman–Crippen LogP) is 5.36. The lowest BCUT2D eigenvalue weighted by molar-refractivity contribution is 0.341. The van der Waals surface area contributed by atoms with E-state index in [1.807, 2.05) is 12.3 Å². The molecule has 1 atom stereocenters. The Morgan fingerprint density at radius 1 is 1.14 bits per heavy atom. The van der Waals surface area contributed by atoms with Crippen LogP contribution in [-0.2, 0) is 6.42 Å². The number of thiazole rings is 1. The summed E-state index contributed by atoms with van der Waals surface area (Å²) in [6.45, 7) is 2.37. The second-order valence-electron chi connectivity index (χ2n) is 7.48. The molecule has 2 aromatic heterocycles. The number of rotatable bonds is 5. The monoisotopic (exact) mass is 396 g/mol. The standard InChI is InChI=1S/C22H25FN4S/c1-27-12-3-4-16(11-13-27)14-19-5-2-6-21(25-19)26-22-24-15-20(28-22)17-7-9-18(23)10-8-17/h2,5-10,15-16H,3-4,11-14H2,1H3,(H,24,25,26)/t16-/m1/s1. The SMILES string of the molecule is CN1CCC[C@@H](Cc2cccc(Nc3ncc(-c4ccc(F)cc4)s3)n2)CC1. The summed E-state index contributed by atoms with van der Waals surface area (Å²) >= 11 is 1.54. The van der Waals surface area contributed by atoms with Crippen LogP contribution < -0.4 is 5.32 Å². The van der Waals surface area contributed by atoms with Crippen molar-refractivity contribution in [3.8, 4) is 10.4 Å². The number of aromatic nitrogens is 2. The molecule has 146 valence electrons. The molecule has 28 heavy (non-hydrogen) atoms. The molecular weight excluding hydrogens is 371 g/mol. The lowest BCUT2D eigenvalue weighted by Crippen LogP contribution is -2.19. The van der Waals surface area contributed by atoms with Crippen LogP contribution in [-0.4, -0.2) is 35.0 Å². The van der Waals surface area contributed by atoms with Crippen molar-refractivity contribution in [2.24, 2.45) is 5.92 Å². The van der Waals surface area contributed by atoms with Crippen LogP contribution in [0.25, 0.3) is 10.4 Å². The number of nitrogens with zero attached hydrogens (tertiary/aromatic N) is 3. The predicted molar refractivity (Wildman–Crippen MR) is 114 cm³/mol. The summed E-state index contributed by atoms with van der Waals surface area (Å²) < 4.78 is 13.1. The summed E-state index contributed by atoms with van der Waals surface area (Å²) in [5, 5.41) is 4.11. The minimum atomic E-state index is -0.229. The van der Waals surface area contributed by atoms with Crippen molar-refractivity contribution < 1.29 is 4.39 Å². The first-order valence-corrected chi connectivity index (χ1v) is 10.6. The summed E-state index contributed by atoms with van der Waals surface area (Å²) in [4.78, 5) is 12.7. The molecule has 1 aliphatic heterocycles. The topological polar surface area (TPSA) is 41.0 Å². The van der Waals surface area contributed by atoms with E-state index in [2.05, 4.69) is 34.4 Å². The van der Waals surface area contributed by atoms with E-state index in [1.54, 1.807) is 23.5 Å². The highest BCUT2D eigenvalue weighted by molar-refractivity contribution is 7.18. The second kappa shape index (κ2) is 8.80. The van der Waals surface area contributed by atoms with Crippen LogP contribution in [0.4, 0.5) is 15.3 Å². The molecule has 0 radical (unpaired) electrons. The van der Waals surface area contributed by atoms with Crippen molar-refractivity contribution >= 4 is 22.3 Å². The zero-order valence-electron chi connectivity index (χ0n) is 16.1. The third-order valence-electron chi connectivity index (χ3n) is 5.25. The van der Waals surface area contributed by atoms with Crippen molar-refractivity contribution in [2.75, 3.05) is 25.5 Å². The fourth-order valence-electron chi connectivity index (χ4n) is 3.66. The fourth-order valence-corrected chi connectivity index (χ4v) is 4.49. The highest BCUT2D eigenvalue weighted by Gasteiger charge is 2.16. The largest absolute Gasteiger partial charge is 0.316 e. The van der Waals surface area contributed by atoms with Gasteiger partial charge in [-0.25, -0.2) is 14.4 Å². The number of halogens is 1. The molecule has 4 nitrogen and oxygen atoms in total. The number of nitrogens with one attached hydrogen (secondary N) is 1. The lowest BCUT2D eigenvalue weighted by atomic mass is 9.95. The summed E-state index contributed by atoms with van der Waals surface area (Å²) in [5.74, 6) is 1.30. The van der Waals surface area contributed by atoms with Gasteiger partial charge in [-0.1, -0.05) is 29.5 Å². The zero-order chi connectivity index (χ0) is 19.3. The van der Waals surface area contributed by atoms with Crippen molar-refractivity contribution in [1.82, 2.24) is 14.9 Å². The summed E-state index contributed by atoms with van der Waals surface area (Å²) in [5.41, 5.74) is 2.10. The molecule has 1 saturated heterocycles. The second-order valence-corrected chi connectivity index (χ2v) is 8.51. The Kier molecular flexibility index (Phi) is 5.98. The van der Waals surface area contributed by atoms with Crippen LogP contribution in [0.15, 0.2) is 48.7 Å². The Morgan fingerprint density at radius 2 is 2.00 bits per heavy atom. The van der Waals surface area contributed by atoms with E-state index in [4.69, 9.17) is 4.98 Å². The Bertz CT molecular complexity index is 909. The van der Waals surface area contributed by atoms with Crippen molar-refractivity contribution in [2.45, 2.75) is 25.7 Å². The first kappa shape index (κ1) is 19.0. The van der Waals surface area contributed by atoms with Gasteiger partial charge in [0.05, 0.1) is 4.88 Å². The fraction of sp³-hybridized carbons (Fsp3) is 0.364. The molecule has 4 rings (SSSR count). The van der Waals surface area contributed by atoms with Crippen LogP contribution in [0.1, 0.15) is 25.0 Å². The third kappa shape index (κ3) is 4.94. The van der Waals surface area contributed by atoms with E-state index >= 15 is 0 Å². The summed E-state index contributed by atoms with van der Waals surface area (Å²) in [6.07, 6.45) is 6.62. The molecule has 0 unspecified atom stereocenters. The molecular formula is C22H25FN4S. The normalized spacial score (nSPS) is 18.0. The molecule has 0 saturated carbocycles. The summed E-state index contributed by atoms with van der Waals surface area (Å²) in [6, 6.07) is 12.6. The van der Waals surface area contributed by atoms with Crippen LogP contribution >= 0.6 is 11.3 Å². The number of benzene rings is 1. The van der Waals surface area contributed by atoms with Gasteiger partial charge in [0.2, 0.25) is 0 Å². The maximum absolute atomic E-state index is 13.1. The maximum Gasteiger partial charge on any atom is 0.188 e. The van der Waals surface area contributed by atoms with E-state index in [0.29, 0.717) is 5.92 Å². The van der Waals surface area contributed by atoms with Crippen molar-refractivity contribution in [3.63, 3.8) is 0 Å². The molecule has 0 spiro atoms. The Hall–Kier alpha value is -2.31. The van der Waals surface area contributed by atoms with Crippen LogP contribution in [0.3, 0.4) is 0 Å². The maximum atomic E-state index is 13.1. The number of hydrogen-bond acceptors (Lipinski definition) is 5. The first-order chi connectivity index (χ1) is 13.7. The van der Waals surface area contributed by atoms with Gasteiger partial charge in [-0.15, -0.1) is 0 Å². The number of likely N-dealkylation sites (tertiary alicyclic amines) is 1. The number of anilines is 2. The van der Waals surface area contributed by atoms with E-state index < -0.39 is 0 Å². The van der Waals surface area contributed by atoms with Crippen molar-refractivity contribution in [1.29, 1.82) is 0 Å². The molecule has 0 amide bonds. The highest BCUT2D eigenvalue weighted by atomic mass is 32.1. The third-order valence-corrected chi connectivity index (χ3v) is 6.21. The van der Waals surface area contributed by atoms with Gasteiger partial charge in [0.15, 0.2) is 5.13 Å². The molecule has 0 aliphatic carbocycles. The quantitative estimate of drug-likeness (QED) is 0.630. The number of hydrogen-bond donors (Lipinski definition) is 1. The van der Waals surface area contributed by atoms with Crippen LogP contribution in [0.5, 0.6) is 0 Å². The van der Waals surface area contributed by atoms with Gasteiger partial charge in [-0.3, -0.25) is 0 Å². The molecule has 0 bridgehead atoms. The average molecular weight is 397 g/mol. The molecule has 3 aromatic rings. The lowest BCUT2D eigenvalue weighted by Gasteiger charge is -2.15. The molecule has 6 heteroatoms. The van der Waals surface area contributed by atoms with Gasteiger partial charge in [-0.05, 0) is 81.6 Å². The van der Waals surface area contributed by atoms with Crippen LogP contribution in [0.2, 0.25) is 0 Å². The van der Waals surface area contributed by atoms with Gasteiger partial charge < -0.3 is 10.2 Å². The van der Waals surface area contributed by atoms with E-state index in [0.717, 1.165) is 33.5 Å². The van der Waals surface area contributed by atoms with Gasteiger partial charge in [0.1, 0.15) is 11.6 Å².